The highest BCUT2D eigenvalue weighted by Crippen LogP contribution is 2.56. The van der Waals surface area contributed by atoms with Gasteiger partial charge in [0, 0.05) is 86.8 Å². The van der Waals surface area contributed by atoms with Crippen LogP contribution in [0.1, 0.15) is 85.4 Å². The lowest BCUT2D eigenvalue weighted by atomic mass is 9.49. The summed E-state index contributed by atoms with van der Waals surface area (Å²) in [5, 5.41) is 21.0. The smallest absolute Gasteiger partial charge is 0.270 e. The number of carbonyl (C=O) groups excluding carboxylic acids is 4. The molecular weight excluding hydrogens is 778 g/mol. The van der Waals surface area contributed by atoms with Crippen molar-refractivity contribution in [3.63, 3.8) is 0 Å². The molecule has 3 aromatic rings. The molecule has 4 N–H and O–H groups in total. The van der Waals surface area contributed by atoms with E-state index in [2.05, 4.69) is 74.7 Å². The van der Waals surface area contributed by atoms with Crippen molar-refractivity contribution in [1.82, 2.24) is 25.8 Å². The van der Waals surface area contributed by atoms with Crippen LogP contribution in [-0.2, 0) is 9.59 Å². The van der Waals surface area contributed by atoms with Crippen LogP contribution in [0.3, 0.4) is 0 Å². The van der Waals surface area contributed by atoms with Crippen molar-refractivity contribution in [1.29, 1.82) is 5.26 Å². The Bertz CT molecular complexity index is 2260. The quantitative estimate of drug-likeness (QED) is 0.209. The maximum Gasteiger partial charge on any atom is 0.270 e. The zero-order valence-electron chi connectivity index (χ0n) is 35.2. The van der Waals surface area contributed by atoms with E-state index in [1.807, 2.05) is 24.3 Å². The normalized spacial score (nSPS) is 23.4. The third kappa shape index (κ3) is 8.38. The van der Waals surface area contributed by atoms with E-state index in [4.69, 9.17) is 4.74 Å². The summed E-state index contributed by atoms with van der Waals surface area (Å²) in [5.74, 6) is -0.818. The Labute approximate surface area is 355 Å². The van der Waals surface area contributed by atoms with E-state index in [1.165, 1.54) is 6.07 Å². The molecule has 0 unspecified atom stereocenters. The number of piperidine rings is 2. The van der Waals surface area contributed by atoms with E-state index in [0.29, 0.717) is 29.5 Å². The highest BCUT2D eigenvalue weighted by atomic mass is 19.1. The van der Waals surface area contributed by atoms with Gasteiger partial charge in [-0.15, -0.1) is 0 Å². The summed E-state index contributed by atoms with van der Waals surface area (Å²) in [7, 11) is 0. The highest BCUT2D eigenvalue weighted by molar-refractivity contribution is 6.03. The number of ether oxygens (including phenoxy) is 1. The summed E-state index contributed by atoms with van der Waals surface area (Å²) in [6, 6.07) is 13.2. The van der Waals surface area contributed by atoms with Crippen LogP contribution in [0, 0.1) is 33.9 Å². The molecule has 2 aromatic carbocycles. The van der Waals surface area contributed by atoms with Gasteiger partial charge < -0.3 is 30.5 Å². The first kappa shape index (κ1) is 41.7. The molecule has 4 amide bonds. The van der Waals surface area contributed by atoms with Crippen LogP contribution in [0.5, 0.6) is 5.75 Å². The van der Waals surface area contributed by atoms with Gasteiger partial charge >= 0.3 is 0 Å². The Hall–Kier alpha value is -6.01. The molecule has 5 aliphatic rings. The number of anilines is 3. The number of imide groups is 1. The topological polar surface area (TPSA) is 172 Å². The molecule has 1 aliphatic carbocycles. The maximum atomic E-state index is 15.7. The summed E-state index contributed by atoms with van der Waals surface area (Å²) in [6.07, 6.45) is 7.78. The molecular formula is C46H54FN9O5. The Kier molecular flexibility index (Phi) is 11.5. The molecule has 5 heterocycles. The number of rotatable bonds is 10. The SMILES string of the molecule is CC1(C)C(NC(=O)c2ccc(N3CCC(CN4CCN(c5ccc(C(=O)N[C@H]6CCC(=O)NC6=O)nc5)CC4)CC3)c(F)c2)C(C)(C)C1Oc1ccc(C#N)c2c1C=CCN2. The van der Waals surface area contributed by atoms with Crippen molar-refractivity contribution >= 4 is 46.8 Å². The number of halogens is 1. The van der Waals surface area contributed by atoms with Crippen LogP contribution in [-0.4, -0.2) is 104 Å². The Morgan fingerprint density at radius 3 is 2.36 bits per heavy atom. The third-order valence-corrected chi connectivity index (χ3v) is 13.3. The monoisotopic (exact) mass is 831 g/mol. The minimum atomic E-state index is -0.749. The van der Waals surface area contributed by atoms with Crippen molar-refractivity contribution in [2.75, 3.05) is 67.5 Å². The van der Waals surface area contributed by atoms with Gasteiger partial charge in [-0.3, -0.25) is 29.4 Å². The van der Waals surface area contributed by atoms with Crippen molar-refractivity contribution in [2.45, 2.75) is 71.6 Å². The van der Waals surface area contributed by atoms with Gasteiger partial charge in [0.2, 0.25) is 11.8 Å². The molecule has 15 heteroatoms. The summed E-state index contributed by atoms with van der Waals surface area (Å²) < 4.78 is 22.4. The fraction of sp³-hybridized carbons (Fsp3) is 0.478. The number of amides is 4. The summed E-state index contributed by atoms with van der Waals surface area (Å²) in [5.41, 5.74) is 3.26. The lowest BCUT2D eigenvalue weighted by Crippen LogP contribution is -2.74. The van der Waals surface area contributed by atoms with Gasteiger partial charge in [-0.05, 0) is 67.6 Å². The number of pyridine rings is 1. The summed E-state index contributed by atoms with van der Waals surface area (Å²) in [4.78, 5) is 60.9. The Morgan fingerprint density at radius 1 is 0.934 bits per heavy atom. The molecule has 8 rings (SSSR count). The van der Waals surface area contributed by atoms with E-state index in [1.54, 1.807) is 30.5 Å². The fourth-order valence-corrected chi connectivity index (χ4v) is 10.2. The number of hydrogen-bond donors (Lipinski definition) is 4. The predicted molar refractivity (Wildman–Crippen MR) is 230 cm³/mol. The molecule has 0 radical (unpaired) electrons. The number of nitrogens with zero attached hydrogens (tertiary/aromatic N) is 5. The second-order valence-corrected chi connectivity index (χ2v) is 18.1. The van der Waals surface area contributed by atoms with Crippen LogP contribution in [0.2, 0.25) is 0 Å². The van der Waals surface area contributed by atoms with Gasteiger partial charge in [0.25, 0.3) is 11.8 Å². The highest BCUT2D eigenvalue weighted by Gasteiger charge is 2.64. The van der Waals surface area contributed by atoms with Crippen molar-refractivity contribution in [3.05, 3.63) is 82.9 Å². The largest absolute Gasteiger partial charge is 0.488 e. The number of aromatic nitrogens is 1. The molecule has 4 aliphatic heterocycles. The summed E-state index contributed by atoms with van der Waals surface area (Å²) in [6.45, 7) is 14.8. The zero-order valence-corrected chi connectivity index (χ0v) is 35.2. The first-order valence-corrected chi connectivity index (χ1v) is 21.3. The molecule has 4 fully saturated rings. The van der Waals surface area contributed by atoms with Crippen LogP contribution < -0.4 is 35.8 Å². The van der Waals surface area contributed by atoms with E-state index < -0.39 is 34.5 Å². The van der Waals surface area contributed by atoms with E-state index in [9.17, 15) is 24.4 Å². The standard InChI is InChI=1S/C46H54FN9O5/c1-45(2)43(46(3,4)44(45)61-37-13-8-30(25-48)39-32(37)6-5-17-49-39)53-40(58)29-7-12-36(33(47)24-29)56-18-15-28(16-19-56)27-54-20-22-55(23-21-54)31-9-10-34(50-26-31)41(59)51-35-11-14-38(57)52-42(35)60/h5-10,12-13,24,26,28,35,43-44,49H,11,14-23,27H2,1-4H3,(H,51,59)(H,53,58)(H,52,57,60)/t35-,43?,44?/m0/s1. The third-order valence-electron chi connectivity index (χ3n) is 13.3. The zero-order chi connectivity index (χ0) is 43.1. The molecule has 320 valence electrons. The fourth-order valence-electron chi connectivity index (χ4n) is 10.2. The molecule has 3 saturated heterocycles. The molecule has 61 heavy (non-hydrogen) atoms. The molecule has 1 aromatic heterocycles. The minimum absolute atomic E-state index is 0.187. The first-order valence-electron chi connectivity index (χ1n) is 21.3. The number of benzene rings is 2. The minimum Gasteiger partial charge on any atom is -0.488 e. The molecule has 1 saturated carbocycles. The Balaban J connectivity index is 0.789. The average molecular weight is 832 g/mol. The summed E-state index contributed by atoms with van der Waals surface area (Å²) >= 11 is 0. The van der Waals surface area contributed by atoms with Crippen molar-refractivity contribution < 1.29 is 28.3 Å². The van der Waals surface area contributed by atoms with Crippen LogP contribution in [0.15, 0.2) is 54.7 Å². The second-order valence-electron chi connectivity index (χ2n) is 18.1. The number of hydrogen-bond acceptors (Lipinski definition) is 11. The van der Waals surface area contributed by atoms with Crippen molar-refractivity contribution in [2.24, 2.45) is 16.7 Å². The van der Waals surface area contributed by atoms with Gasteiger partial charge in [0.05, 0.1) is 28.8 Å². The Morgan fingerprint density at radius 2 is 1.69 bits per heavy atom. The van der Waals surface area contributed by atoms with Gasteiger partial charge in [-0.2, -0.15) is 5.26 Å². The maximum absolute atomic E-state index is 15.7. The van der Waals surface area contributed by atoms with Gasteiger partial charge in [-0.1, -0.05) is 39.8 Å². The number of carbonyl (C=O) groups is 4. The number of nitrogens with one attached hydrogen (secondary N) is 4. The number of fused-ring (bicyclic) bond motifs is 1. The predicted octanol–water partition coefficient (Wildman–Crippen LogP) is 4.72. The number of piperazine rings is 1. The average Bonchev–Trinajstić information content (AvgIpc) is 3.26. The molecule has 1 atom stereocenters. The van der Waals surface area contributed by atoms with Crippen LogP contribution in [0.25, 0.3) is 6.08 Å². The van der Waals surface area contributed by atoms with Gasteiger partial charge in [-0.25, -0.2) is 9.37 Å². The van der Waals surface area contributed by atoms with Gasteiger partial charge in [0.1, 0.15) is 35.5 Å². The van der Waals surface area contributed by atoms with Crippen molar-refractivity contribution in [3.8, 4) is 11.8 Å². The van der Waals surface area contributed by atoms with E-state index in [0.717, 1.165) is 75.6 Å². The van der Waals surface area contributed by atoms with Crippen LogP contribution in [0.4, 0.5) is 21.5 Å². The molecule has 0 bridgehead atoms. The van der Waals surface area contributed by atoms with E-state index in [-0.39, 0.29) is 48.1 Å². The molecule has 0 spiro atoms. The second kappa shape index (κ2) is 16.8. The number of nitriles is 1. The molecule has 14 nitrogen and oxygen atoms in total. The van der Waals surface area contributed by atoms with Crippen LogP contribution >= 0.6 is 0 Å². The van der Waals surface area contributed by atoms with E-state index >= 15 is 4.39 Å². The lowest BCUT2D eigenvalue weighted by Gasteiger charge is -2.63. The van der Waals surface area contributed by atoms with Gasteiger partial charge in [0.15, 0.2) is 0 Å². The first-order chi connectivity index (χ1) is 29.2. The lowest BCUT2D eigenvalue weighted by molar-refractivity contribution is -0.164.